The normalized spacial score (nSPS) is 18.9. The molecule has 0 N–H and O–H groups in total. The van der Waals surface area contributed by atoms with E-state index in [-0.39, 0.29) is 17.9 Å². The van der Waals surface area contributed by atoms with Gasteiger partial charge in [0.2, 0.25) is 0 Å². The van der Waals surface area contributed by atoms with E-state index < -0.39 is 17.8 Å². The summed E-state index contributed by atoms with van der Waals surface area (Å²) in [5.74, 6) is -0.243. The molecule has 1 fully saturated rings. The molecule has 0 spiro atoms. The molecule has 3 rings (SSSR count). The number of anilines is 1. The van der Waals surface area contributed by atoms with E-state index in [9.17, 15) is 14.4 Å². The standard InChI is InChI=1S/C22H27N3O5/c1-7-24(8-2)15-11-10-14-13(4)12-16(30-18(14)19(15)29-6)17-20(26)23(5)22(28)25(9-3)21(17)27/h10-12H,7-9H2,1-6H3/b17-16+. The molecule has 8 nitrogen and oxygen atoms in total. The minimum Gasteiger partial charge on any atom is -0.491 e. The average molecular weight is 413 g/mol. The Morgan fingerprint density at radius 1 is 1.07 bits per heavy atom. The Bertz CT molecular complexity index is 975. The number of fused-ring (bicyclic) bond motifs is 1. The van der Waals surface area contributed by atoms with Gasteiger partial charge >= 0.3 is 6.03 Å². The molecule has 30 heavy (non-hydrogen) atoms. The topological polar surface area (TPSA) is 79.4 Å². The second-order valence-electron chi connectivity index (χ2n) is 7.03. The van der Waals surface area contributed by atoms with Gasteiger partial charge in [-0.25, -0.2) is 4.79 Å². The molecule has 160 valence electrons. The maximum absolute atomic E-state index is 12.9. The number of barbiturate groups is 1. The van der Waals surface area contributed by atoms with Crippen LogP contribution in [0.1, 0.15) is 33.3 Å². The fraction of sp³-hybridized carbons (Fsp3) is 0.409. The molecule has 2 aliphatic heterocycles. The lowest BCUT2D eigenvalue weighted by atomic mass is 9.99. The van der Waals surface area contributed by atoms with Gasteiger partial charge < -0.3 is 14.4 Å². The minimum absolute atomic E-state index is 0.114. The van der Waals surface area contributed by atoms with Crippen molar-refractivity contribution in [2.75, 3.05) is 38.7 Å². The van der Waals surface area contributed by atoms with Crippen LogP contribution in [0.4, 0.5) is 10.5 Å². The third-order valence-corrected chi connectivity index (χ3v) is 5.44. The number of likely N-dealkylation sites (N-methyl/N-ethyl adjacent to an activating group) is 2. The molecule has 1 aromatic carbocycles. The molecule has 1 aromatic rings. The summed E-state index contributed by atoms with van der Waals surface area (Å²) in [6, 6.07) is 3.28. The predicted octanol–water partition coefficient (Wildman–Crippen LogP) is 3.03. The van der Waals surface area contributed by atoms with Crippen LogP contribution in [0.5, 0.6) is 11.5 Å². The highest BCUT2D eigenvalue weighted by Crippen LogP contribution is 2.46. The van der Waals surface area contributed by atoms with Crippen molar-refractivity contribution in [3.63, 3.8) is 0 Å². The Kier molecular flexibility index (Phi) is 5.87. The molecule has 0 atom stereocenters. The van der Waals surface area contributed by atoms with Gasteiger partial charge in [0.25, 0.3) is 11.8 Å². The Morgan fingerprint density at radius 3 is 2.30 bits per heavy atom. The SMILES string of the molecule is CCN1C(=O)/C(=C2\C=C(C)c3ccc(N(CC)CC)c(OC)c3O2)C(=O)N(C)C1=O. The lowest BCUT2D eigenvalue weighted by Crippen LogP contribution is -2.55. The summed E-state index contributed by atoms with van der Waals surface area (Å²) in [6.07, 6.45) is 1.65. The van der Waals surface area contributed by atoms with Crippen molar-refractivity contribution in [2.24, 2.45) is 0 Å². The molecular formula is C22H27N3O5. The molecule has 0 radical (unpaired) electrons. The van der Waals surface area contributed by atoms with Crippen LogP contribution >= 0.6 is 0 Å². The third kappa shape index (κ3) is 3.22. The van der Waals surface area contributed by atoms with E-state index in [0.29, 0.717) is 11.5 Å². The van der Waals surface area contributed by atoms with E-state index in [4.69, 9.17) is 9.47 Å². The van der Waals surface area contributed by atoms with Gasteiger partial charge in [-0.05, 0) is 51.5 Å². The van der Waals surface area contributed by atoms with Crippen molar-refractivity contribution in [1.82, 2.24) is 9.80 Å². The van der Waals surface area contributed by atoms with Crippen LogP contribution < -0.4 is 14.4 Å². The van der Waals surface area contributed by atoms with Gasteiger partial charge in [0.05, 0.1) is 12.8 Å². The quantitative estimate of drug-likeness (QED) is 0.545. The summed E-state index contributed by atoms with van der Waals surface area (Å²) < 4.78 is 11.8. The molecule has 2 heterocycles. The van der Waals surface area contributed by atoms with E-state index in [0.717, 1.165) is 39.7 Å². The molecule has 0 unspecified atom stereocenters. The first-order chi connectivity index (χ1) is 14.3. The van der Waals surface area contributed by atoms with Gasteiger partial charge in [-0.15, -0.1) is 0 Å². The Labute approximate surface area is 176 Å². The van der Waals surface area contributed by atoms with Gasteiger partial charge in [-0.3, -0.25) is 19.4 Å². The van der Waals surface area contributed by atoms with E-state index >= 15 is 0 Å². The number of amides is 4. The van der Waals surface area contributed by atoms with Crippen LogP contribution in [0.15, 0.2) is 29.5 Å². The summed E-state index contributed by atoms with van der Waals surface area (Å²) in [5.41, 5.74) is 2.34. The summed E-state index contributed by atoms with van der Waals surface area (Å²) >= 11 is 0. The predicted molar refractivity (Wildman–Crippen MR) is 113 cm³/mol. The van der Waals surface area contributed by atoms with Crippen LogP contribution in [0.2, 0.25) is 0 Å². The van der Waals surface area contributed by atoms with Gasteiger partial charge in [-0.1, -0.05) is 0 Å². The Morgan fingerprint density at radius 2 is 1.73 bits per heavy atom. The molecule has 1 saturated heterocycles. The Hall–Kier alpha value is -3.29. The maximum atomic E-state index is 12.9. The highest BCUT2D eigenvalue weighted by atomic mass is 16.5. The fourth-order valence-corrected chi connectivity index (χ4v) is 3.75. The van der Waals surface area contributed by atoms with Crippen molar-refractivity contribution < 1.29 is 23.9 Å². The van der Waals surface area contributed by atoms with Crippen molar-refractivity contribution >= 4 is 29.1 Å². The molecule has 4 amide bonds. The second-order valence-corrected chi connectivity index (χ2v) is 7.03. The number of carbonyl (C=O) groups excluding carboxylic acids is 3. The number of nitrogens with zero attached hydrogens (tertiary/aromatic N) is 3. The van der Waals surface area contributed by atoms with Gasteiger partial charge in [0.15, 0.2) is 11.5 Å². The number of ether oxygens (including phenoxy) is 2. The highest BCUT2D eigenvalue weighted by Gasteiger charge is 2.42. The van der Waals surface area contributed by atoms with Gasteiger partial charge in [-0.2, -0.15) is 0 Å². The van der Waals surface area contributed by atoms with Crippen LogP contribution in [0, 0.1) is 0 Å². The minimum atomic E-state index is -0.684. The average Bonchev–Trinajstić information content (AvgIpc) is 2.73. The number of imide groups is 2. The zero-order valence-electron chi connectivity index (χ0n) is 18.2. The number of carbonyl (C=O) groups is 3. The van der Waals surface area contributed by atoms with Crippen LogP contribution in [0.3, 0.4) is 0 Å². The molecular weight excluding hydrogens is 386 g/mol. The molecule has 8 heteroatoms. The molecule has 2 aliphatic rings. The number of hydrogen-bond donors (Lipinski definition) is 0. The third-order valence-electron chi connectivity index (χ3n) is 5.44. The summed E-state index contributed by atoms with van der Waals surface area (Å²) in [5, 5.41) is 0. The highest BCUT2D eigenvalue weighted by molar-refractivity contribution is 6.29. The van der Waals surface area contributed by atoms with E-state index in [1.807, 2.05) is 32.9 Å². The van der Waals surface area contributed by atoms with E-state index in [1.165, 1.54) is 7.05 Å². The van der Waals surface area contributed by atoms with Crippen LogP contribution in [0.25, 0.3) is 5.57 Å². The number of urea groups is 1. The molecule has 0 bridgehead atoms. The first-order valence-electron chi connectivity index (χ1n) is 10.0. The number of benzene rings is 1. The van der Waals surface area contributed by atoms with Crippen molar-refractivity contribution in [3.05, 3.63) is 35.1 Å². The fourth-order valence-electron chi connectivity index (χ4n) is 3.75. The van der Waals surface area contributed by atoms with E-state index in [1.54, 1.807) is 20.1 Å². The van der Waals surface area contributed by atoms with Crippen molar-refractivity contribution in [3.8, 4) is 11.5 Å². The van der Waals surface area contributed by atoms with Crippen LogP contribution in [-0.4, -0.2) is 61.4 Å². The number of allylic oxidation sites excluding steroid dienone is 2. The maximum Gasteiger partial charge on any atom is 0.333 e. The van der Waals surface area contributed by atoms with Crippen molar-refractivity contribution in [2.45, 2.75) is 27.7 Å². The first kappa shape index (κ1) is 21.4. The second kappa shape index (κ2) is 8.22. The van der Waals surface area contributed by atoms with Gasteiger partial charge in [0.1, 0.15) is 11.3 Å². The lowest BCUT2D eigenvalue weighted by Gasteiger charge is -2.33. The molecule has 0 aliphatic carbocycles. The zero-order valence-corrected chi connectivity index (χ0v) is 18.2. The number of rotatable bonds is 5. The van der Waals surface area contributed by atoms with Crippen molar-refractivity contribution in [1.29, 1.82) is 0 Å². The molecule has 0 saturated carbocycles. The smallest absolute Gasteiger partial charge is 0.333 e. The summed E-state index contributed by atoms with van der Waals surface area (Å²) in [7, 11) is 2.92. The Balaban J connectivity index is 2.19. The van der Waals surface area contributed by atoms with Gasteiger partial charge in [0, 0.05) is 32.2 Å². The number of hydrogen-bond acceptors (Lipinski definition) is 6. The largest absolute Gasteiger partial charge is 0.491 e. The van der Waals surface area contributed by atoms with E-state index in [2.05, 4.69) is 4.90 Å². The monoisotopic (exact) mass is 413 g/mol. The first-order valence-corrected chi connectivity index (χ1v) is 10.0. The molecule has 0 aromatic heterocycles. The summed E-state index contributed by atoms with van der Waals surface area (Å²) in [6.45, 7) is 9.37. The van der Waals surface area contributed by atoms with Crippen LogP contribution in [-0.2, 0) is 9.59 Å². The summed E-state index contributed by atoms with van der Waals surface area (Å²) in [4.78, 5) is 42.1. The number of methoxy groups -OCH3 is 1. The zero-order chi connectivity index (χ0) is 22.2. The lowest BCUT2D eigenvalue weighted by molar-refractivity contribution is -0.135.